The zero-order valence-electron chi connectivity index (χ0n) is 15.3. The number of rotatable bonds is 8. The number of pyridine rings is 1. The van der Waals surface area contributed by atoms with Crippen molar-refractivity contribution in [3.63, 3.8) is 0 Å². The van der Waals surface area contributed by atoms with Crippen LogP contribution < -0.4 is 5.32 Å². The fourth-order valence-electron chi connectivity index (χ4n) is 2.66. The molecule has 0 aliphatic rings. The molecule has 0 fully saturated rings. The molecule has 0 bridgehead atoms. The molecule has 1 aromatic carbocycles. The number of aryl methyl sites for hydroxylation is 1. The molecule has 6 heteroatoms. The number of aromatic nitrogens is 3. The Hall–Kier alpha value is -3.28. The van der Waals surface area contributed by atoms with Crippen LogP contribution in [0.5, 0.6) is 0 Å². The molecule has 138 valence electrons. The molecular weight excluding hydrogens is 340 g/mol. The first-order valence-electron chi connectivity index (χ1n) is 8.98. The van der Waals surface area contributed by atoms with E-state index in [9.17, 15) is 9.59 Å². The molecule has 0 radical (unpaired) electrons. The van der Waals surface area contributed by atoms with Gasteiger partial charge in [0, 0.05) is 43.5 Å². The molecule has 0 saturated carbocycles. The van der Waals surface area contributed by atoms with Crippen LogP contribution in [0, 0.1) is 0 Å². The number of carbonyl (C=O) groups excluding carboxylic acids is 2. The van der Waals surface area contributed by atoms with E-state index in [1.807, 2.05) is 42.6 Å². The molecule has 2 aromatic heterocycles. The van der Waals surface area contributed by atoms with Gasteiger partial charge in [0.2, 0.25) is 5.91 Å². The van der Waals surface area contributed by atoms with Crippen molar-refractivity contribution in [1.29, 1.82) is 0 Å². The Bertz CT molecular complexity index is 885. The van der Waals surface area contributed by atoms with E-state index >= 15 is 0 Å². The topological polar surface area (TPSA) is 76.9 Å². The average Bonchev–Trinajstić information content (AvgIpc) is 3.26. The molecule has 6 nitrogen and oxygen atoms in total. The van der Waals surface area contributed by atoms with Crippen LogP contribution in [0.2, 0.25) is 0 Å². The first-order valence-corrected chi connectivity index (χ1v) is 8.98. The summed E-state index contributed by atoms with van der Waals surface area (Å²) in [6.07, 6.45) is 8.22. The molecule has 0 aliphatic heterocycles. The van der Waals surface area contributed by atoms with E-state index in [-0.39, 0.29) is 24.5 Å². The van der Waals surface area contributed by atoms with Crippen molar-refractivity contribution in [1.82, 2.24) is 19.9 Å². The Labute approximate surface area is 158 Å². The Kier molecular flexibility index (Phi) is 6.10. The van der Waals surface area contributed by atoms with E-state index in [0.717, 1.165) is 17.8 Å². The van der Waals surface area contributed by atoms with Gasteiger partial charge >= 0.3 is 0 Å². The molecule has 0 aliphatic carbocycles. The van der Waals surface area contributed by atoms with E-state index in [4.69, 9.17) is 0 Å². The van der Waals surface area contributed by atoms with Crippen LogP contribution >= 0.6 is 0 Å². The van der Waals surface area contributed by atoms with E-state index < -0.39 is 0 Å². The lowest BCUT2D eigenvalue weighted by atomic mass is 10.0. The fourth-order valence-corrected chi connectivity index (χ4v) is 2.66. The maximum absolute atomic E-state index is 12.2. The second-order valence-electron chi connectivity index (χ2n) is 6.24. The SMILES string of the molecule is CCc1ccc(C(=O)CCC(=O)NCc2ccc(-n3ccnc3)nc2)cc1. The summed E-state index contributed by atoms with van der Waals surface area (Å²) in [5.41, 5.74) is 2.74. The van der Waals surface area contributed by atoms with Gasteiger partial charge in [-0.15, -0.1) is 0 Å². The summed E-state index contributed by atoms with van der Waals surface area (Å²) in [4.78, 5) is 32.5. The minimum absolute atomic E-state index is 0.0147. The number of imidazole rings is 1. The zero-order chi connectivity index (χ0) is 19.1. The maximum atomic E-state index is 12.2. The van der Waals surface area contributed by atoms with Crippen molar-refractivity contribution in [3.8, 4) is 5.82 Å². The second kappa shape index (κ2) is 8.89. The maximum Gasteiger partial charge on any atom is 0.220 e. The largest absolute Gasteiger partial charge is 0.352 e. The summed E-state index contributed by atoms with van der Waals surface area (Å²) in [5, 5.41) is 2.83. The normalized spacial score (nSPS) is 10.6. The zero-order valence-corrected chi connectivity index (χ0v) is 15.3. The van der Waals surface area contributed by atoms with Crippen molar-refractivity contribution in [2.45, 2.75) is 32.7 Å². The third kappa shape index (κ3) is 5.10. The van der Waals surface area contributed by atoms with Gasteiger partial charge in [-0.05, 0) is 23.6 Å². The molecule has 2 heterocycles. The highest BCUT2D eigenvalue weighted by Crippen LogP contribution is 2.09. The Morgan fingerprint density at radius 1 is 1.04 bits per heavy atom. The van der Waals surface area contributed by atoms with Gasteiger partial charge in [0.1, 0.15) is 12.1 Å². The van der Waals surface area contributed by atoms with Crippen molar-refractivity contribution < 1.29 is 9.59 Å². The highest BCUT2D eigenvalue weighted by Gasteiger charge is 2.09. The van der Waals surface area contributed by atoms with Crippen LogP contribution in [0.15, 0.2) is 61.3 Å². The number of carbonyl (C=O) groups is 2. The number of hydrogen-bond donors (Lipinski definition) is 1. The van der Waals surface area contributed by atoms with Crippen LogP contribution in [0.4, 0.5) is 0 Å². The van der Waals surface area contributed by atoms with Crippen LogP contribution in [0.3, 0.4) is 0 Å². The second-order valence-corrected chi connectivity index (χ2v) is 6.24. The molecule has 1 amide bonds. The van der Waals surface area contributed by atoms with E-state index in [2.05, 4.69) is 22.2 Å². The van der Waals surface area contributed by atoms with Crippen molar-refractivity contribution >= 4 is 11.7 Å². The van der Waals surface area contributed by atoms with Crippen LogP contribution in [0.25, 0.3) is 5.82 Å². The third-order valence-corrected chi connectivity index (χ3v) is 4.33. The molecule has 0 unspecified atom stereocenters. The summed E-state index contributed by atoms with van der Waals surface area (Å²) in [6.45, 7) is 2.46. The van der Waals surface area contributed by atoms with Crippen LogP contribution in [-0.4, -0.2) is 26.2 Å². The number of Topliss-reactive ketones (excluding diaryl/α,β-unsaturated/α-hetero) is 1. The molecule has 1 N–H and O–H groups in total. The van der Waals surface area contributed by atoms with Crippen LogP contribution in [0.1, 0.15) is 41.3 Å². The number of benzene rings is 1. The monoisotopic (exact) mass is 362 g/mol. The average molecular weight is 362 g/mol. The van der Waals surface area contributed by atoms with E-state index in [1.165, 1.54) is 5.56 Å². The molecule has 3 rings (SSSR count). The molecular formula is C21H22N4O2. The number of nitrogens with zero attached hydrogens (tertiary/aromatic N) is 3. The summed E-state index contributed by atoms with van der Waals surface area (Å²) in [7, 11) is 0. The van der Waals surface area contributed by atoms with Crippen molar-refractivity contribution in [3.05, 3.63) is 78.0 Å². The highest BCUT2D eigenvalue weighted by atomic mass is 16.2. The number of ketones is 1. The predicted octanol–water partition coefficient (Wildman–Crippen LogP) is 3.11. The van der Waals surface area contributed by atoms with Gasteiger partial charge in [-0.2, -0.15) is 0 Å². The van der Waals surface area contributed by atoms with Crippen LogP contribution in [-0.2, 0) is 17.8 Å². The minimum Gasteiger partial charge on any atom is -0.352 e. The smallest absolute Gasteiger partial charge is 0.220 e. The summed E-state index contributed by atoms with van der Waals surface area (Å²) >= 11 is 0. The lowest BCUT2D eigenvalue weighted by molar-refractivity contribution is -0.121. The van der Waals surface area contributed by atoms with Gasteiger partial charge in [-0.1, -0.05) is 37.3 Å². The Morgan fingerprint density at radius 2 is 1.81 bits per heavy atom. The quantitative estimate of drug-likeness (QED) is 0.625. The van der Waals surface area contributed by atoms with Gasteiger partial charge in [-0.3, -0.25) is 14.2 Å². The first-order chi connectivity index (χ1) is 13.2. The summed E-state index contributed by atoms with van der Waals surface area (Å²) in [6, 6.07) is 11.3. The number of hydrogen-bond acceptors (Lipinski definition) is 4. The molecule has 0 saturated heterocycles. The standard InChI is InChI=1S/C21H22N4O2/c1-2-16-3-6-18(7-4-16)19(26)8-10-21(27)24-14-17-5-9-20(23-13-17)25-12-11-22-15-25/h3-7,9,11-13,15H,2,8,10,14H2,1H3,(H,24,27). The molecule has 0 atom stereocenters. The van der Waals surface area contributed by atoms with E-state index in [0.29, 0.717) is 12.1 Å². The molecule has 3 aromatic rings. The Morgan fingerprint density at radius 3 is 2.44 bits per heavy atom. The molecule has 0 spiro atoms. The molecule has 27 heavy (non-hydrogen) atoms. The minimum atomic E-state index is -0.146. The van der Waals surface area contributed by atoms with Gasteiger partial charge in [0.15, 0.2) is 5.78 Å². The first kappa shape index (κ1) is 18.5. The predicted molar refractivity (Wildman–Crippen MR) is 103 cm³/mol. The number of nitrogens with one attached hydrogen (secondary N) is 1. The number of amides is 1. The van der Waals surface area contributed by atoms with Gasteiger partial charge in [0.25, 0.3) is 0 Å². The summed E-state index contributed by atoms with van der Waals surface area (Å²) in [5.74, 6) is 0.605. The van der Waals surface area contributed by atoms with E-state index in [1.54, 1.807) is 23.3 Å². The van der Waals surface area contributed by atoms with Gasteiger partial charge < -0.3 is 5.32 Å². The van der Waals surface area contributed by atoms with Crippen molar-refractivity contribution in [2.75, 3.05) is 0 Å². The lowest BCUT2D eigenvalue weighted by Gasteiger charge is -2.07. The van der Waals surface area contributed by atoms with Gasteiger partial charge in [0.05, 0.1) is 0 Å². The summed E-state index contributed by atoms with van der Waals surface area (Å²) < 4.78 is 1.81. The third-order valence-electron chi connectivity index (χ3n) is 4.33. The van der Waals surface area contributed by atoms with Crippen molar-refractivity contribution in [2.24, 2.45) is 0 Å². The Balaban J connectivity index is 1.44. The van der Waals surface area contributed by atoms with Gasteiger partial charge in [-0.25, -0.2) is 9.97 Å². The fraction of sp³-hybridized carbons (Fsp3) is 0.238. The lowest BCUT2D eigenvalue weighted by Crippen LogP contribution is -2.23. The highest BCUT2D eigenvalue weighted by molar-refractivity contribution is 5.97.